The largest absolute Gasteiger partial charge is 0.393 e. The summed E-state index contributed by atoms with van der Waals surface area (Å²) in [5, 5.41) is 10.2. The highest BCUT2D eigenvalue weighted by Crippen LogP contribution is 2.29. The molecule has 1 atom stereocenters. The quantitative estimate of drug-likeness (QED) is 0.730. The van der Waals surface area contributed by atoms with Crippen molar-refractivity contribution in [3.8, 4) is 0 Å². The SMILES string of the molecule is C=CCCC(O)CC(c1ccccc1)c1ccccc1. The molecular formula is C19H22O. The van der Waals surface area contributed by atoms with Crippen LogP contribution in [0.4, 0.5) is 0 Å². The van der Waals surface area contributed by atoms with Crippen molar-refractivity contribution in [2.75, 3.05) is 0 Å². The van der Waals surface area contributed by atoms with Gasteiger partial charge >= 0.3 is 0 Å². The molecule has 0 heterocycles. The van der Waals surface area contributed by atoms with E-state index in [1.807, 2.05) is 18.2 Å². The molecular weight excluding hydrogens is 244 g/mol. The van der Waals surface area contributed by atoms with Crippen molar-refractivity contribution in [3.05, 3.63) is 84.4 Å². The van der Waals surface area contributed by atoms with Crippen molar-refractivity contribution >= 4 is 0 Å². The lowest BCUT2D eigenvalue weighted by molar-refractivity contribution is 0.150. The van der Waals surface area contributed by atoms with Crippen molar-refractivity contribution in [3.63, 3.8) is 0 Å². The molecule has 20 heavy (non-hydrogen) atoms. The van der Waals surface area contributed by atoms with Gasteiger partial charge in [-0.1, -0.05) is 66.7 Å². The molecule has 1 nitrogen and oxygen atoms in total. The normalized spacial score (nSPS) is 12.3. The molecule has 0 aliphatic carbocycles. The second-order valence-corrected chi connectivity index (χ2v) is 5.13. The average Bonchev–Trinajstić information content (AvgIpc) is 2.52. The second kappa shape index (κ2) is 7.66. The maximum Gasteiger partial charge on any atom is 0.0552 e. The lowest BCUT2D eigenvalue weighted by Gasteiger charge is -2.21. The maximum absolute atomic E-state index is 10.2. The Labute approximate surface area is 121 Å². The molecule has 2 rings (SSSR count). The van der Waals surface area contributed by atoms with Crippen LogP contribution in [-0.4, -0.2) is 11.2 Å². The minimum absolute atomic E-state index is 0.247. The molecule has 0 bridgehead atoms. The van der Waals surface area contributed by atoms with Gasteiger partial charge in [0.25, 0.3) is 0 Å². The highest BCUT2D eigenvalue weighted by Gasteiger charge is 2.17. The second-order valence-electron chi connectivity index (χ2n) is 5.13. The van der Waals surface area contributed by atoms with Crippen molar-refractivity contribution in [2.45, 2.75) is 31.3 Å². The van der Waals surface area contributed by atoms with E-state index in [2.05, 4.69) is 55.1 Å². The Morgan fingerprint density at radius 3 is 1.85 bits per heavy atom. The van der Waals surface area contributed by atoms with E-state index in [-0.39, 0.29) is 12.0 Å². The number of benzene rings is 2. The molecule has 0 aromatic heterocycles. The topological polar surface area (TPSA) is 20.2 Å². The van der Waals surface area contributed by atoms with Crippen molar-refractivity contribution in [1.82, 2.24) is 0 Å². The van der Waals surface area contributed by atoms with E-state index >= 15 is 0 Å². The van der Waals surface area contributed by atoms with Gasteiger partial charge in [-0.25, -0.2) is 0 Å². The molecule has 0 radical (unpaired) electrons. The number of hydrogen-bond acceptors (Lipinski definition) is 1. The van der Waals surface area contributed by atoms with Gasteiger partial charge in [-0.05, 0) is 30.4 Å². The van der Waals surface area contributed by atoms with Crippen molar-refractivity contribution in [2.24, 2.45) is 0 Å². The minimum atomic E-state index is -0.293. The van der Waals surface area contributed by atoms with Crippen LogP contribution < -0.4 is 0 Å². The fraction of sp³-hybridized carbons (Fsp3) is 0.263. The van der Waals surface area contributed by atoms with Gasteiger partial charge in [0.1, 0.15) is 0 Å². The zero-order valence-corrected chi connectivity index (χ0v) is 11.8. The molecule has 0 saturated carbocycles. The molecule has 0 fully saturated rings. The Morgan fingerprint density at radius 2 is 1.40 bits per heavy atom. The Balaban J connectivity index is 2.19. The molecule has 0 spiro atoms. The van der Waals surface area contributed by atoms with E-state index in [1.54, 1.807) is 0 Å². The van der Waals surface area contributed by atoms with Gasteiger partial charge in [-0.2, -0.15) is 0 Å². The molecule has 1 unspecified atom stereocenters. The Bertz CT molecular complexity index is 464. The summed E-state index contributed by atoms with van der Waals surface area (Å²) < 4.78 is 0. The lowest BCUT2D eigenvalue weighted by atomic mass is 9.86. The summed E-state index contributed by atoms with van der Waals surface area (Å²) in [6, 6.07) is 20.8. The first kappa shape index (κ1) is 14.5. The number of rotatable bonds is 7. The third-order valence-electron chi connectivity index (χ3n) is 3.62. The first-order valence-electron chi connectivity index (χ1n) is 7.20. The third kappa shape index (κ3) is 4.07. The van der Waals surface area contributed by atoms with Crippen molar-refractivity contribution in [1.29, 1.82) is 0 Å². The molecule has 0 aliphatic rings. The van der Waals surface area contributed by atoms with Crippen molar-refractivity contribution < 1.29 is 5.11 Å². The summed E-state index contributed by atoms with van der Waals surface area (Å²) >= 11 is 0. The summed E-state index contributed by atoms with van der Waals surface area (Å²) in [4.78, 5) is 0. The monoisotopic (exact) mass is 266 g/mol. The number of hydrogen-bond donors (Lipinski definition) is 1. The molecule has 104 valence electrons. The number of aliphatic hydroxyl groups excluding tert-OH is 1. The van der Waals surface area contributed by atoms with E-state index in [0.29, 0.717) is 0 Å². The van der Waals surface area contributed by atoms with Crippen LogP contribution in [0.25, 0.3) is 0 Å². The smallest absolute Gasteiger partial charge is 0.0552 e. The van der Waals surface area contributed by atoms with E-state index in [9.17, 15) is 5.11 Å². The van der Waals surface area contributed by atoms with E-state index in [4.69, 9.17) is 0 Å². The Hall–Kier alpha value is -1.86. The van der Waals surface area contributed by atoms with Crippen LogP contribution in [-0.2, 0) is 0 Å². The molecule has 1 N–H and O–H groups in total. The van der Waals surface area contributed by atoms with Gasteiger partial charge in [0.2, 0.25) is 0 Å². The van der Waals surface area contributed by atoms with E-state index < -0.39 is 0 Å². The van der Waals surface area contributed by atoms with Crippen LogP contribution in [0.1, 0.15) is 36.3 Å². The van der Waals surface area contributed by atoms with Gasteiger partial charge in [0.15, 0.2) is 0 Å². The molecule has 0 saturated heterocycles. The minimum Gasteiger partial charge on any atom is -0.393 e. The zero-order valence-electron chi connectivity index (χ0n) is 11.8. The van der Waals surface area contributed by atoms with Crippen LogP contribution >= 0.6 is 0 Å². The highest BCUT2D eigenvalue weighted by atomic mass is 16.3. The number of allylic oxidation sites excluding steroid dienone is 1. The first-order valence-corrected chi connectivity index (χ1v) is 7.20. The van der Waals surface area contributed by atoms with Crippen LogP contribution in [0.5, 0.6) is 0 Å². The van der Waals surface area contributed by atoms with Crippen LogP contribution in [0.15, 0.2) is 73.3 Å². The summed E-state index contributed by atoms with van der Waals surface area (Å²) in [5.41, 5.74) is 2.52. The predicted octanol–water partition coefficient (Wildman–Crippen LogP) is 4.54. The fourth-order valence-electron chi connectivity index (χ4n) is 2.54. The Morgan fingerprint density at radius 1 is 0.900 bits per heavy atom. The molecule has 2 aromatic carbocycles. The zero-order chi connectivity index (χ0) is 14.2. The average molecular weight is 266 g/mol. The maximum atomic E-state index is 10.2. The number of aliphatic hydroxyl groups is 1. The van der Waals surface area contributed by atoms with Gasteiger partial charge in [0.05, 0.1) is 6.10 Å². The molecule has 1 heteroatoms. The summed E-state index contributed by atoms with van der Waals surface area (Å²) in [5.74, 6) is 0.247. The van der Waals surface area contributed by atoms with E-state index in [0.717, 1.165) is 19.3 Å². The highest BCUT2D eigenvalue weighted by molar-refractivity contribution is 5.32. The first-order chi connectivity index (χ1) is 9.81. The molecule has 2 aromatic rings. The summed E-state index contributed by atoms with van der Waals surface area (Å²) in [7, 11) is 0. The van der Waals surface area contributed by atoms with Crippen LogP contribution in [0.3, 0.4) is 0 Å². The molecule has 0 aliphatic heterocycles. The Kier molecular flexibility index (Phi) is 5.57. The predicted molar refractivity (Wildman–Crippen MR) is 84.8 cm³/mol. The van der Waals surface area contributed by atoms with E-state index in [1.165, 1.54) is 11.1 Å². The van der Waals surface area contributed by atoms with Crippen LogP contribution in [0, 0.1) is 0 Å². The summed E-state index contributed by atoms with van der Waals surface area (Å²) in [6.07, 6.45) is 3.96. The van der Waals surface area contributed by atoms with Gasteiger partial charge in [-0.3, -0.25) is 0 Å². The summed E-state index contributed by atoms with van der Waals surface area (Å²) in [6.45, 7) is 3.72. The molecule has 0 amide bonds. The van der Waals surface area contributed by atoms with Gasteiger partial charge in [0, 0.05) is 5.92 Å². The lowest BCUT2D eigenvalue weighted by Crippen LogP contribution is -2.13. The fourth-order valence-corrected chi connectivity index (χ4v) is 2.54. The standard InChI is InChI=1S/C19H22O/c1-2-3-14-18(20)15-19(16-10-6-4-7-11-16)17-12-8-5-9-13-17/h2,4-13,18-20H,1,3,14-15H2. The van der Waals surface area contributed by atoms with Crippen LogP contribution in [0.2, 0.25) is 0 Å². The van der Waals surface area contributed by atoms with Gasteiger partial charge in [-0.15, -0.1) is 6.58 Å². The third-order valence-corrected chi connectivity index (χ3v) is 3.62. The van der Waals surface area contributed by atoms with Gasteiger partial charge < -0.3 is 5.11 Å².